The number of alkyl halides is 2. The van der Waals surface area contributed by atoms with Crippen LogP contribution in [0.25, 0.3) is 0 Å². The van der Waals surface area contributed by atoms with Gasteiger partial charge in [-0.05, 0) is 12.1 Å². The second kappa shape index (κ2) is 5.20. The van der Waals surface area contributed by atoms with Crippen molar-refractivity contribution >= 4 is 23.2 Å². The summed E-state index contributed by atoms with van der Waals surface area (Å²) in [5, 5.41) is 10.9. The molecule has 71 valence electrons. The summed E-state index contributed by atoms with van der Waals surface area (Å²) < 4.78 is 5.16. The van der Waals surface area contributed by atoms with Crippen LogP contribution in [0.4, 0.5) is 0 Å². The molecule has 0 N–H and O–H groups in total. The minimum atomic E-state index is -0.263. The van der Waals surface area contributed by atoms with Gasteiger partial charge in [-0.1, -0.05) is 12.1 Å². The van der Waals surface area contributed by atoms with Gasteiger partial charge in [0.15, 0.2) is 5.75 Å². The minimum absolute atomic E-state index is 0.138. The van der Waals surface area contributed by atoms with E-state index in [0.717, 1.165) is 0 Å². The number of para-hydroxylation sites is 2. The first-order valence-electron chi connectivity index (χ1n) is 3.83. The van der Waals surface area contributed by atoms with Crippen molar-refractivity contribution in [2.75, 3.05) is 12.5 Å². The van der Waals surface area contributed by atoms with Crippen LogP contribution in [0.15, 0.2) is 24.3 Å². The summed E-state index contributed by atoms with van der Waals surface area (Å²) >= 11 is 11.2. The Labute approximate surface area is 87.0 Å². The van der Waals surface area contributed by atoms with Gasteiger partial charge in [-0.3, -0.25) is 5.11 Å². The van der Waals surface area contributed by atoms with Crippen molar-refractivity contribution in [2.45, 2.75) is 5.38 Å². The van der Waals surface area contributed by atoms with Gasteiger partial charge < -0.3 is 4.74 Å². The Morgan fingerprint density at radius 2 is 2.08 bits per heavy atom. The van der Waals surface area contributed by atoms with Gasteiger partial charge in [0.1, 0.15) is 6.61 Å². The Bertz CT molecular complexity index is 266. The minimum Gasteiger partial charge on any atom is -0.488 e. The Balaban J connectivity index is 2.50. The molecule has 1 aromatic carbocycles. The van der Waals surface area contributed by atoms with E-state index in [1.54, 1.807) is 18.2 Å². The topological polar surface area (TPSA) is 29.1 Å². The summed E-state index contributed by atoms with van der Waals surface area (Å²) in [6.07, 6.45) is 0. The van der Waals surface area contributed by atoms with Crippen LogP contribution in [0.5, 0.6) is 11.5 Å². The number of rotatable bonds is 4. The van der Waals surface area contributed by atoms with Gasteiger partial charge in [0.2, 0.25) is 5.75 Å². The van der Waals surface area contributed by atoms with E-state index in [1.807, 2.05) is 0 Å². The molecule has 13 heavy (non-hydrogen) atoms. The van der Waals surface area contributed by atoms with Crippen LogP contribution < -0.4 is 4.74 Å². The van der Waals surface area contributed by atoms with Crippen molar-refractivity contribution in [1.82, 2.24) is 0 Å². The van der Waals surface area contributed by atoms with Crippen molar-refractivity contribution in [1.29, 1.82) is 0 Å². The van der Waals surface area contributed by atoms with E-state index in [-0.39, 0.29) is 17.7 Å². The first-order valence-corrected chi connectivity index (χ1v) is 4.80. The molecule has 0 fully saturated rings. The molecule has 0 saturated carbocycles. The molecule has 0 bridgehead atoms. The van der Waals surface area contributed by atoms with E-state index in [2.05, 4.69) is 0 Å². The van der Waals surface area contributed by atoms with Gasteiger partial charge in [0.25, 0.3) is 0 Å². The Morgan fingerprint density at radius 1 is 1.38 bits per heavy atom. The first-order chi connectivity index (χ1) is 6.24. The van der Waals surface area contributed by atoms with E-state index in [9.17, 15) is 5.11 Å². The van der Waals surface area contributed by atoms with Gasteiger partial charge in [0.05, 0.1) is 5.38 Å². The number of hydrogen-bond acceptors (Lipinski definition) is 1. The lowest BCUT2D eigenvalue weighted by atomic mass is 10.3. The SMILES string of the molecule is [O]c1ccccc1OCC(Cl)CCl. The fraction of sp³-hybridized carbons (Fsp3) is 0.333. The molecule has 0 spiro atoms. The molecule has 0 aliphatic rings. The standard InChI is InChI=1S/C9H9Cl2O2/c10-5-7(11)6-13-9-4-2-1-3-8(9)12/h1-4,7H,5-6H2. The first kappa shape index (κ1) is 10.5. The monoisotopic (exact) mass is 219 g/mol. The normalized spacial score (nSPS) is 12.5. The molecule has 0 aliphatic carbocycles. The molecule has 0 amide bonds. The predicted octanol–water partition coefficient (Wildman–Crippen LogP) is 3.06. The molecule has 0 heterocycles. The number of ether oxygens (including phenoxy) is 1. The van der Waals surface area contributed by atoms with Crippen LogP contribution in [-0.4, -0.2) is 17.9 Å². The molecule has 0 aliphatic heterocycles. The van der Waals surface area contributed by atoms with Crippen molar-refractivity contribution in [3.8, 4) is 11.5 Å². The quantitative estimate of drug-likeness (QED) is 0.717. The average molecular weight is 220 g/mol. The molecule has 1 atom stereocenters. The largest absolute Gasteiger partial charge is 0.488 e. The van der Waals surface area contributed by atoms with E-state index in [0.29, 0.717) is 11.6 Å². The Hall–Kier alpha value is -0.600. The van der Waals surface area contributed by atoms with Crippen LogP contribution in [0.1, 0.15) is 0 Å². The van der Waals surface area contributed by atoms with E-state index in [4.69, 9.17) is 27.9 Å². The van der Waals surface area contributed by atoms with Crippen molar-refractivity contribution < 1.29 is 9.84 Å². The van der Waals surface area contributed by atoms with Gasteiger partial charge in [-0.15, -0.1) is 23.2 Å². The van der Waals surface area contributed by atoms with Gasteiger partial charge in [-0.25, -0.2) is 0 Å². The summed E-state index contributed by atoms with van der Waals surface area (Å²) in [5.74, 6) is 0.488. The Morgan fingerprint density at radius 3 is 2.69 bits per heavy atom. The maximum Gasteiger partial charge on any atom is 0.220 e. The second-order valence-corrected chi connectivity index (χ2v) is 3.44. The maximum absolute atomic E-state index is 11.1. The number of benzene rings is 1. The molecule has 0 aromatic heterocycles. The van der Waals surface area contributed by atoms with Gasteiger partial charge in [0, 0.05) is 5.88 Å². The smallest absolute Gasteiger partial charge is 0.220 e. The fourth-order valence-corrected chi connectivity index (χ4v) is 0.946. The third kappa shape index (κ3) is 3.33. The zero-order valence-electron chi connectivity index (χ0n) is 6.87. The average Bonchev–Trinajstić information content (AvgIpc) is 2.16. The number of hydrogen-bond donors (Lipinski definition) is 0. The van der Waals surface area contributed by atoms with Crippen LogP contribution in [0.3, 0.4) is 0 Å². The zero-order valence-corrected chi connectivity index (χ0v) is 8.39. The lowest BCUT2D eigenvalue weighted by Crippen LogP contribution is -2.12. The molecular formula is C9H9Cl2O2. The molecule has 0 saturated heterocycles. The maximum atomic E-state index is 11.1. The second-order valence-electron chi connectivity index (χ2n) is 2.51. The fourth-order valence-electron chi connectivity index (χ4n) is 0.794. The van der Waals surface area contributed by atoms with E-state index < -0.39 is 0 Å². The predicted molar refractivity (Wildman–Crippen MR) is 52.4 cm³/mol. The van der Waals surface area contributed by atoms with Crippen LogP contribution in [-0.2, 0) is 5.11 Å². The number of halogens is 2. The zero-order chi connectivity index (χ0) is 9.68. The summed E-state index contributed by atoms with van der Waals surface area (Å²) in [4.78, 5) is 0. The van der Waals surface area contributed by atoms with E-state index >= 15 is 0 Å². The van der Waals surface area contributed by atoms with Crippen molar-refractivity contribution in [3.05, 3.63) is 24.3 Å². The third-order valence-corrected chi connectivity index (χ3v) is 2.25. The highest BCUT2D eigenvalue weighted by Crippen LogP contribution is 2.25. The molecular weight excluding hydrogens is 211 g/mol. The summed E-state index contributed by atoms with van der Waals surface area (Å²) in [7, 11) is 0. The highest BCUT2D eigenvalue weighted by atomic mass is 35.5. The van der Waals surface area contributed by atoms with Crippen molar-refractivity contribution in [3.63, 3.8) is 0 Å². The summed E-state index contributed by atoms with van der Waals surface area (Å²) in [6, 6.07) is 6.45. The third-order valence-electron chi connectivity index (χ3n) is 1.44. The highest BCUT2D eigenvalue weighted by Gasteiger charge is 2.06. The van der Waals surface area contributed by atoms with E-state index in [1.165, 1.54) is 6.07 Å². The highest BCUT2D eigenvalue weighted by molar-refractivity contribution is 6.28. The summed E-state index contributed by atoms with van der Waals surface area (Å²) in [6.45, 7) is 0.254. The Kier molecular flexibility index (Phi) is 4.19. The molecule has 1 unspecified atom stereocenters. The lowest BCUT2D eigenvalue weighted by Gasteiger charge is -2.08. The molecule has 1 radical (unpaired) electrons. The van der Waals surface area contributed by atoms with Gasteiger partial charge >= 0.3 is 0 Å². The molecule has 4 heteroatoms. The van der Waals surface area contributed by atoms with Gasteiger partial charge in [-0.2, -0.15) is 0 Å². The molecule has 2 nitrogen and oxygen atoms in total. The van der Waals surface area contributed by atoms with Crippen molar-refractivity contribution in [2.24, 2.45) is 0 Å². The van der Waals surface area contributed by atoms with Crippen LogP contribution in [0.2, 0.25) is 0 Å². The van der Waals surface area contributed by atoms with Crippen LogP contribution >= 0.6 is 23.2 Å². The molecule has 1 aromatic rings. The van der Waals surface area contributed by atoms with Crippen LogP contribution in [0, 0.1) is 0 Å². The lowest BCUT2D eigenvalue weighted by molar-refractivity contribution is 0.278. The summed E-state index contributed by atoms with van der Waals surface area (Å²) in [5.41, 5.74) is 0. The molecule has 1 rings (SSSR count).